The van der Waals surface area contributed by atoms with E-state index in [4.69, 9.17) is 5.26 Å². The molecule has 0 aliphatic rings. The first kappa shape index (κ1) is 12.7. The van der Waals surface area contributed by atoms with E-state index in [0.717, 1.165) is 13.0 Å². The Hall–Kier alpha value is -1.40. The van der Waals surface area contributed by atoms with Crippen LogP contribution in [0.15, 0.2) is 18.2 Å². The van der Waals surface area contributed by atoms with E-state index in [1.807, 2.05) is 6.07 Å². The van der Waals surface area contributed by atoms with Crippen molar-refractivity contribution in [2.75, 3.05) is 6.54 Å². The van der Waals surface area contributed by atoms with Gasteiger partial charge < -0.3 is 5.32 Å². The van der Waals surface area contributed by atoms with Gasteiger partial charge in [0.1, 0.15) is 5.82 Å². The molecule has 1 N–H and O–H groups in total. The molecule has 16 heavy (non-hydrogen) atoms. The summed E-state index contributed by atoms with van der Waals surface area (Å²) in [5.41, 5.74) is 1.06. The molecule has 0 aliphatic heterocycles. The third-order valence-corrected chi connectivity index (χ3v) is 2.68. The summed E-state index contributed by atoms with van der Waals surface area (Å²) in [4.78, 5) is 0. The van der Waals surface area contributed by atoms with Crippen LogP contribution in [0, 0.1) is 23.1 Å². The fraction of sp³-hybridized carbons (Fsp3) is 0.462. The van der Waals surface area contributed by atoms with Gasteiger partial charge in [-0.25, -0.2) is 4.39 Å². The van der Waals surface area contributed by atoms with Crippen LogP contribution in [0.1, 0.15) is 31.4 Å². The SMILES string of the molecule is CCC(C)CNCc1cc(C#N)ccc1F. The predicted octanol–water partition coefficient (Wildman–Crippen LogP) is 2.83. The Morgan fingerprint density at radius 1 is 1.50 bits per heavy atom. The number of nitrogens with one attached hydrogen (secondary N) is 1. The molecule has 1 aromatic carbocycles. The number of nitrogens with zero attached hydrogens (tertiary/aromatic N) is 1. The fourth-order valence-electron chi connectivity index (χ4n) is 1.38. The topological polar surface area (TPSA) is 35.8 Å². The van der Waals surface area contributed by atoms with Crippen molar-refractivity contribution in [2.45, 2.75) is 26.8 Å². The van der Waals surface area contributed by atoms with E-state index in [1.54, 1.807) is 6.07 Å². The van der Waals surface area contributed by atoms with Crippen LogP contribution in [0.5, 0.6) is 0 Å². The molecule has 0 amide bonds. The maximum atomic E-state index is 13.4. The second-order valence-corrected chi connectivity index (χ2v) is 4.06. The number of halogens is 1. The summed E-state index contributed by atoms with van der Waals surface area (Å²) in [7, 11) is 0. The lowest BCUT2D eigenvalue weighted by Crippen LogP contribution is -2.20. The van der Waals surface area contributed by atoms with Gasteiger partial charge in [0, 0.05) is 12.1 Å². The van der Waals surface area contributed by atoms with Crippen LogP contribution in [0.2, 0.25) is 0 Å². The maximum absolute atomic E-state index is 13.4. The van der Waals surface area contributed by atoms with Crippen molar-refractivity contribution >= 4 is 0 Å². The van der Waals surface area contributed by atoms with Crippen LogP contribution in [-0.2, 0) is 6.54 Å². The molecule has 0 bridgehead atoms. The summed E-state index contributed by atoms with van der Waals surface area (Å²) in [6.45, 7) is 5.62. The van der Waals surface area contributed by atoms with Crippen LogP contribution in [0.25, 0.3) is 0 Å². The molecule has 1 unspecified atom stereocenters. The van der Waals surface area contributed by atoms with Gasteiger partial charge in [-0.2, -0.15) is 5.26 Å². The Labute approximate surface area is 96.1 Å². The highest BCUT2D eigenvalue weighted by Gasteiger charge is 2.04. The van der Waals surface area contributed by atoms with E-state index in [1.165, 1.54) is 12.1 Å². The highest BCUT2D eigenvalue weighted by atomic mass is 19.1. The predicted molar refractivity (Wildman–Crippen MR) is 62.3 cm³/mol. The van der Waals surface area contributed by atoms with Gasteiger partial charge in [-0.1, -0.05) is 20.3 Å². The molecule has 1 rings (SSSR count). The molecule has 0 aliphatic carbocycles. The van der Waals surface area contributed by atoms with Crippen molar-refractivity contribution in [3.8, 4) is 6.07 Å². The number of hydrogen-bond acceptors (Lipinski definition) is 2. The Morgan fingerprint density at radius 2 is 2.25 bits per heavy atom. The first-order chi connectivity index (χ1) is 7.67. The minimum Gasteiger partial charge on any atom is -0.312 e. The first-order valence-electron chi connectivity index (χ1n) is 5.56. The van der Waals surface area contributed by atoms with Crippen LogP contribution < -0.4 is 5.32 Å². The molecule has 0 radical (unpaired) electrons. The van der Waals surface area contributed by atoms with Crippen molar-refractivity contribution in [1.82, 2.24) is 5.32 Å². The zero-order valence-corrected chi connectivity index (χ0v) is 9.76. The molecule has 0 aromatic heterocycles. The maximum Gasteiger partial charge on any atom is 0.127 e. The van der Waals surface area contributed by atoms with Crippen molar-refractivity contribution in [1.29, 1.82) is 5.26 Å². The van der Waals surface area contributed by atoms with Gasteiger partial charge in [-0.15, -0.1) is 0 Å². The first-order valence-corrected chi connectivity index (χ1v) is 5.56. The molecular weight excluding hydrogens is 203 g/mol. The summed E-state index contributed by atoms with van der Waals surface area (Å²) < 4.78 is 13.4. The van der Waals surface area contributed by atoms with Crippen molar-refractivity contribution < 1.29 is 4.39 Å². The summed E-state index contributed by atoms with van der Waals surface area (Å²) in [6, 6.07) is 6.45. The summed E-state index contributed by atoms with van der Waals surface area (Å²) in [6.07, 6.45) is 1.10. The van der Waals surface area contributed by atoms with E-state index in [9.17, 15) is 4.39 Å². The van der Waals surface area contributed by atoms with Gasteiger partial charge in [0.2, 0.25) is 0 Å². The Bertz CT molecular complexity index is 382. The lowest BCUT2D eigenvalue weighted by molar-refractivity contribution is 0.492. The van der Waals surface area contributed by atoms with Gasteiger partial charge in [-0.05, 0) is 30.7 Å². The summed E-state index contributed by atoms with van der Waals surface area (Å²) >= 11 is 0. The zero-order valence-electron chi connectivity index (χ0n) is 9.76. The van der Waals surface area contributed by atoms with Crippen LogP contribution in [-0.4, -0.2) is 6.54 Å². The van der Waals surface area contributed by atoms with E-state index in [-0.39, 0.29) is 5.82 Å². The molecule has 0 fully saturated rings. The van der Waals surface area contributed by atoms with E-state index < -0.39 is 0 Å². The molecule has 1 aromatic rings. The van der Waals surface area contributed by atoms with Crippen LogP contribution in [0.4, 0.5) is 4.39 Å². The summed E-state index contributed by atoms with van der Waals surface area (Å²) in [5.74, 6) is 0.331. The van der Waals surface area contributed by atoms with E-state index in [2.05, 4.69) is 19.2 Å². The zero-order chi connectivity index (χ0) is 12.0. The Kier molecular flexibility index (Phi) is 4.94. The molecule has 3 heteroatoms. The highest BCUT2D eigenvalue weighted by Crippen LogP contribution is 2.10. The normalized spacial score (nSPS) is 12.1. The molecule has 1 atom stereocenters. The smallest absolute Gasteiger partial charge is 0.127 e. The van der Waals surface area contributed by atoms with Crippen molar-refractivity contribution in [3.63, 3.8) is 0 Å². The standard InChI is InChI=1S/C13H17FN2/c1-3-10(2)8-16-9-12-6-11(7-15)4-5-13(12)14/h4-6,10,16H,3,8-9H2,1-2H3. The van der Waals surface area contributed by atoms with E-state index >= 15 is 0 Å². The third kappa shape index (κ3) is 3.63. The van der Waals surface area contributed by atoms with Gasteiger partial charge in [0.15, 0.2) is 0 Å². The van der Waals surface area contributed by atoms with Gasteiger partial charge >= 0.3 is 0 Å². The number of rotatable bonds is 5. The molecule has 2 nitrogen and oxygen atoms in total. The molecule has 86 valence electrons. The van der Waals surface area contributed by atoms with Gasteiger partial charge in [0.05, 0.1) is 11.6 Å². The van der Waals surface area contributed by atoms with E-state index in [0.29, 0.717) is 23.6 Å². The number of nitriles is 1. The summed E-state index contributed by atoms with van der Waals surface area (Å²) in [5, 5.41) is 11.9. The van der Waals surface area contributed by atoms with Gasteiger partial charge in [0.25, 0.3) is 0 Å². The number of benzene rings is 1. The molecular formula is C13H17FN2. The van der Waals surface area contributed by atoms with Crippen LogP contribution >= 0.6 is 0 Å². The van der Waals surface area contributed by atoms with Crippen molar-refractivity contribution in [2.24, 2.45) is 5.92 Å². The quantitative estimate of drug-likeness (QED) is 0.828. The van der Waals surface area contributed by atoms with Crippen LogP contribution in [0.3, 0.4) is 0 Å². The lowest BCUT2D eigenvalue weighted by atomic mass is 10.1. The number of hydrogen-bond donors (Lipinski definition) is 1. The highest BCUT2D eigenvalue weighted by molar-refractivity contribution is 5.33. The molecule has 0 spiro atoms. The Morgan fingerprint density at radius 3 is 2.88 bits per heavy atom. The average Bonchev–Trinajstić information content (AvgIpc) is 2.31. The molecule has 0 saturated carbocycles. The second-order valence-electron chi connectivity index (χ2n) is 4.06. The van der Waals surface area contributed by atoms with Gasteiger partial charge in [-0.3, -0.25) is 0 Å². The minimum absolute atomic E-state index is 0.254. The monoisotopic (exact) mass is 220 g/mol. The fourth-order valence-corrected chi connectivity index (χ4v) is 1.38. The third-order valence-electron chi connectivity index (χ3n) is 2.68. The molecule has 0 saturated heterocycles. The minimum atomic E-state index is -0.254. The van der Waals surface area contributed by atoms with Crippen molar-refractivity contribution in [3.05, 3.63) is 35.1 Å². The second kappa shape index (κ2) is 6.24. The Balaban J connectivity index is 2.56. The largest absolute Gasteiger partial charge is 0.312 e. The average molecular weight is 220 g/mol. The lowest BCUT2D eigenvalue weighted by Gasteiger charge is -2.10. The molecule has 0 heterocycles.